The van der Waals surface area contributed by atoms with Gasteiger partial charge in [-0.3, -0.25) is 0 Å². The van der Waals surface area contributed by atoms with Crippen LogP contribution in [0.5, 0.6) is 0 Å². The molecule has 0 aromatic heterocycles. The summed E-state index contributed by atoms with van der Waals surface area (Å²) in [5.41, 5.74) is 0. The number of unbranched alkanes of at least 4 members (excludes halogenated alkanes) is 2. The molecule has 0 unspecified atom stereocenters. The van der Waals surface area contributed by atoms with Crippen molar-refractivity contribution in [2.45, 2.75) is 43.4 Å². The summed E-state index contributed by atoms with van der Waals surface area (Å²) in [5, 5.41) is 0.825. The minimum absolute atomic E-state index is 0.825. The van der Waals surface area contributed by atoms with E-state index in [-0.39, 0.29) is 0 Å². The van der Waals surface area contributed by atoms with Crippen molar-refractivity contribution in [3.8, 4) is 0 Å². The third kappa shape index (κ3) is 6.20. The molecule has 0 bridgehead atoms. The molecule has 0 N–H and O–H groups in total. The maximum atomic E-state index is 5.87. The molecule has 0 aliphatic carbocycles. The minimum Gasteiger partial charge on any atom is -0.303 e. The molecule has 1 aromatic rings. The van der Waals surface area contributed by atoms with E-state index in [0.29, 0.717) is 0 Å². The number of halogens is 1. The zero-order chi connectivity index (χ0) is 13.3. The molecule has 1 heterocycles. The van der Waals surface area contributed by atoms with Gasteiger partial charge in [-0.15, -0.1) is 11.8 Å². The maximum absolute atomic E-state index is 5.87. The molecule has 0 atom stereocenters. The van der Waals surface area contributed by atoms with Gasteiger partial charge in [0.25, 0.3) is 0 Å². The van der Waals surface area contributed by atoms with E-state index < -0.39 is 0 Å². The topological polar surface area (TPSA) is 3.24 Å². The van der Waals surface area contributed by atoms with Gasteiger partial charge in [-0.2, -0.15) is 0 Å². The molecule has 1 aromatic carbocycles. The van der Waals surface area contributed by atoms with Crippen LogP contribution in [-0.4, -0.2) is 30.3 Å². The number of hydrogen-bond acceptors (Lipinski definition) is 2. The van der Waals surface area contributed by atoms with Crippen LogP contribution in [0, 0.1) is 0 Å². The monoisotopic (exact) mass is 297 g/mol. The highest BCUT2D eigenvalue weighted by atomic mass is 35.5. The van der Waals surface area contributed by atoms with Crippen molar-refractivity contribution in [3.05, 3.63) is 29.3 Å². The zero-order valence-corrected chi connectivity index (χ0v) is 13.2. The summed E-state index contributed by atoms with van der Waals surface area (Å²) in [5.74, 6) is 1.22. The molecule has 0 saturated carbocycles. The largest absolute Gasteiger partial charge is 0.303 e. The third-order valence-corrected chi connectivity index (χ3v) is 5.00. The molecule has 1 nitrogen and oxygen atoms in total. The number of rotatable bonds is 7. The fraction of sp³-hybridized carbons (Fsp3) is 0.625. The number of thioether (sulfide) groups is 1. The lowest BCUT2D eigenvalue weighted by Gasteiger charge is -2.26. The first-order valence-corrected chi connectivity index (χ1v) is 8.82. The standard InChI is InChI=1S/C16H24ClNS/c17-15-7-9-16(10-8-15)19-14-6-2-5-13-18-11-3-1-4-12-18/h7-10H,1-6,11-14H2. The van der Waals surface area contributed by atoms with Gasteiger partial charge in [-0.25, -0.2) is 0 Å². The fourth-order valence-corrected chi connectivity index (χ4v) is 3.56. The average Bonchev–Trinajstić information content (AvgIpc) is 2.46. The van der Waals surface area contributed by atoms with Gasteiger partial charge in [0.15, 0.2) is 0 Å². The van der Waals surface area contributed by atoms with E-state index in [9.17, 15) is 0 Å². The molecule has 3 heteroatoms. The lowest BCUT2D eigenvalue weighted by atomic mass is 10.1. The third-order valence-electron chi connectivity index (χ3n) is 3.65. The van der Waals surface area contributed by atoms with E-state index in [1.807, 2.05) is 23.9 Å². The quantitative estimate of drug-likeness (QED) is 0.509. The fourth-order valence-electron chi connectivity index (χ4n) is 2.52. The van der Waals surface area contributed by atoms with Crippen LogP contribution in [0.25, 0.3) is 0 Å². The second-order valence-corrected chi connectivity index (χ2v) is 6.87. The van der Waals surface area contributed by atoms with Crippen molar-refractivity contribution >= 4 is 23.4 Å². The van der Waals surface area contributed by atoms with E-state index in [1.54, 1.807) is 0 Å². The second-order valence-electron chi connectivity index (χ2n) is 5.27. The molecule has 1 aliphatic heterocycles. The van der Waals surface area contributed by atoms with Crippen molar-refractivity contribution in [1.82, 2.24) is 4.90 Å². The molecule has 1 aliphatic rings. The van der Waals surface area contributed by atoms with Crippen molar-refractivity contribution in [3.63, 3.8) is 0 Å². The predicted molar refractivity (Wildman–Crippen MR) is 86.3 cm³/mol. The molecule has 1 fully saturated rings. The Kier molecular flexibility index (Phi) is 7.11. The molecule has 19 heavy (non-hydrogen) atoms. The lowest BCUT2D eigenvalue weighted by Crippen LogP contribution is -2.30. The lowest BCUT2D eigenvalue weighted by molar-refractivity contribution is 0.224. The van der Waals surface area contributed by atoms with Gasteiger partial charge in [-0.05, 0) is 75.3 Å². The van der Waals surface area contributed by atoms with Crippen LogP contribution in [0.1, 0.15) is 38.5 Å². The maximum Gasteiger partial charge on any atom is 0.0406 e. The van der Waals surface area contributed by atoms with Gasteiger partial charge in [0.1, 0.15) is 0 Å². The summed E-state index contributed by atoms with van der Waals surface area (Å²) < 4.78 is 0. The molecule has 0 spiro atoms. The Hall–Kier alpha value is -0.180. The molecule has 1 saturated heterocycles. The van der Waals surface area contributed by atoms with Gasteiger partial charge in [-0.1, -0.05) is 24.4 Å². The number of nitrogens with zero attached hydrogens (tertiary/aromatic N) is 1. The summed E-state index contributed by atoms with van der Waals surface area (Å²) in [6.45, 7) is 3.98. The summed E-state index contributed by atoms with van der Waals surface area (Å²) in [6.07, 6.45) is 8.30. The van der Waals surface area contributed by atoms with Crippen LogP contribution in [0.2, 0.25) is 5.02 Å². The molecule has 0 amide bonds. The smallest absolute Gasteiger partial charge is 0.0406 e. The Labute approximate surface area is 126 Å². The molecule has 2 rings (SSSR count). The first kappa shape index (κ1) is 15.2. The summed E-state index contributed by atoms with van der Waals surface area (Å²) in [7, 11) is 0. The van der Waals surface area contributed by atoms with Gasteiger partial charge < -0.3 is 4.90 Å². The molecular weight excluding hydrogens is 274 g/mol. The van der Waals surface area contributed by atoms with Gasteiger partial charge >= 0.3 is 0 Å². The number of piperidine rings is 1. The first-order valence-electron chi connectivity index (χ1n) is 7.45. The van der Waals surface area contributed by atoms with Gasteiger partial charge in [0, 0.05) is 9.92 Å². The van der Waals surface area contributed by atoms with Crippen LogP contribution in [-0.2, 0) is 0 Å². The first-order chi connectivity index (χ1) is 9.34. The van der Waals surface area contributed by atoms with E-state index in [2.05, 4.69) is 17.0 Å². The summed E-state index contributed by atoms with van der Waals surface area (Å²) in [6, 6.07) is 8.17. The molecule has 0 radical (unpaired) electrons. The number of benzene rings is 1. The van der Waals surface area contributed by atoms with Gasteiger partial charge in [0.05, 0.1) is 0 Å². The van der Waals surface area contributed by atoms with E-state index in [4.69, 9.17) is 11.6 Å². The Morgan fingerprint density at radius 1 is 0.947 bits per heavy atom. The van der Waals surface area contributed by atoms with E-state index >= 15 is 0 Å². The Morgan fingerprint density at radius 3 is 2.42 bits per heavy atom. The van der Waals surface area contributed by atoms with Crippen LogP contribution >= 0.6 is 23.4 Å². The van der Waals surface area contributed by atoms with Crippen molar-refractivity contribution in [2.75, 3.05) is 25.4 Å². The Balaban J connectivity index is 1.49. The summed E-state index contributed by atoms with van der Waals surface area (Å²) >= 11 is 7.82. The highest BCUT2D eigenvalue weighted by Crippen LogP contribution is 2.21. The highest BCUT2D eigenvalue weighted by molar-refractivity contribution is 7.99. The van der Waals surface area contributed by atoms with Gasteiger partial charge in [0.2, 0.25) is 0 Å². The van der Waals surface area contributed by atoms with Crippen LogP contribution < -0.4 is 0 Å². The summed E-state index contributed by atoms with van der Waals surface area (Å²) in [4.78, 5) is 3.97. The van der Waals surface area contributed by atoms with Crippen LogP contribution in [0.3, 0.4) is 0 Å². The predicted octanol–water partition coefficient (Wildman–Crippen LogP) is 5.09. The highest BCUT2D eigenvalue weighted by Gasteiger charge is 2.08. The average molecular weight is 298 g/mol. The minimum atomic E-state index is 0.825. The van der Waals surface area contributed by atoms with Crippen molar-refractivity contribution in [2.24, 2.45) is 0 Å². The second kappa shape index (κ2) is 8.89. The number of likely N-dealkylation sites (tertiary alicyclic amines) is 1. The van der Waals surface area contributed by atoms with Crippen LogP contribution in [0.15, 0.2) is 29.2 Å². The number of hydrogen-bond donors (Lipinski definition) is 0. The normalized spacial score (nSPS) is 16.7. The Morgan fingerprint density at radius 2 is 1.68 bits per heavy atom. The van der Waals surface area contributed by atoms with Crippen molar-refractivity contribution in [1.29, 1.82) is 0 Å². The zero-order valence-electron chi connectivity index (χ0n) is 11.6. The van der Waals surface area contributed by atoms with E-state index in [1.165, 1.54) is 68.8 Å². The molecule has 106 valence electrons. The SMILES string of the molecule is Clc1ccc(SCCCCCN2CCCCC2)cc1. The Bertz CT molecular complexity index is 346. The van der Waals surface area contributed by atoms with E-state index in [0.717, 1.165) is 5.02 Å². The van der Waals surface area contributed by atoms with Crippen LogP contribution in [0.4, 0.5) is 0 Å². The molecular formula is C16H24ClNS. The van der Waals surface area contributed by atoms with Crippen molar-refractivity contribution < 1.29 is 0 Å².